The van der Waals surface area contributed by atoms with E-state index in [0.29, 0.717) is 44.2 Å². The summed E-state index contributed by atoms with van der Waals surface area (Å²) in [6.07, 6.45) is 1.90. The van der Waals surface area contributed by atoms with Gasteiger partial charge in [-0.25, -0.2) is 0 Å². The van der Waals surface area contributed by atoms with Crippen molar-refractivity contribution in [3.8, 4) is 5.75 Å². The first-order valence-electron chi connectivity index (χ1n) is 11.9. The molecular formula is C28H31N3O4. The van der Waals surface area contributed by atoms with Gasteiger partial charge in [-0.3, -0.25) is 9.59 Å². The van der Waals surface area contributed by atoms with Gasteiger partial charge < -0.3 is 25.0 Å². The molecule has 0 aliphatic carbocycles. The van der Waals surface area contributed by atoms with Crippen LogP contribution in [0.4, 0.5) is 11.4 Å². The van der Waals surface area contributed by atoms with Gasteiger partial charge in [-0.1, -0.05) is 42.5 Å². The molecule has 1 aliphatic heterocycles. The van der Waals surface area contributed by atoms with E-state index in [2.05, 4.69) is 22.8 Å². The second kappa shape index (κ2) is 12.6. The largest absolute Gasteiger partial charge is 0.494 e. The molecule has 0 atom stereocenters. The lowest BCUT2D eigenvalue weighted by atomic mass is 10.1. The molecule has 7 heteroatoms. The number of benzene rings is 3. The molecule has 0 bridgehead atoms. The van der Waals surface area contributed by atoms with Crippen LogP contribution in [0.2, 0.25) is 0 Å². The van der Waals surface area contributed by atoms with Gasteiger partial charge in [-0.05, 0) is 48.7 Å². The summed E-state index contributed by atoms with van der Waals surface area (Å²) >= 11 is 0. The van der Waals surface area contributed by atoms with Crippen LogP contribution < -0.4 is 15.4 Å². The Labute approximate surface area is 206 Å². The quantitative estimate of drug-likeness (QED) is 0.431. The number of ether oxygens (including phenoxy) is 2. The van der Waals surface area contributed by atoms with Crippen LogP contribution in [0.5, 0.6) is 5.75 Å². The van der Waals surface area contributed by atoms with Gasteiger partial charge in [-0.2, -0.15) is 0 Å². The van der Waals surface area contributed by atoms with Crippen molar-refractivity contribution < 1.29 is 19.1 Å². The minimum Gasteiger partial charge on any atom is -0.494 e. The van der Waals surface area contributed by atoms with E-state index in [-0.39, 0.29) is 18.4 Å². The molecular weight excluding hydrogens is 442 g/mol. The molecule has 4 rings (SSSR count). The third-order valence-electron chi connectivity index (χ3n) is 5.70. The molecule has 2 N–H and O–H groups in total. The summed E-state index contributed by atoms with van der Waals surface area (Å²) in [6.45, 7) is 2.98. The van der Waals surface area contributed by atoms with Gasteiger partial charge in [0, 0.05) is 36.1 Å². The maximum Gasteiger partial charge on any atom is 0.254 e. The van der Waals surface area contributed by atoms with Crippen molar-refractivity contribution in [1.82, 2.24) is 4.90 Å². The maximum absolute atomic E-state index is 12.7. The highest BCUT2D eigenvalue weighted by molar-refractivity contribution is 5.98. The van der Waals surface area contributed by atoms with E-state index in [1.54, 1.807) is 29.2 Å². The summed E-state index contributed by atoms with van der Waals surface area (Å²) in [5.41, 5.74) is 3.24. The number of morpholine rings is 1. The average Bonchev–Trinajstić information content (AvgIpc) is 2.91. The van der Waals surface area contributed by atoms with E-state index < -0.39 is 0 Å². The van der Waals surface area contributed by atoms with E-state index in [1.165, 1.54) is 5.56 Å². The SMILES string of the molecule is O=C(CNc1cccc(OCCCc2ccccc2)c1)Nc1cccc(C(=O)N2CCOCC2)c1. The molecule has 0 spiro atoms. The fourth-order valence-electron chi connectivity index (χ4n) is 3.87. The van der Waals surface area contributed by atoms with E-state index in [0.717, 1.165) is 24.3 Å². The van der Waals surface area contributed by atoms with Crippen molar-refractivity contribution >= 4 is 23.2 Å². The summed E-state index contributed by atoms with van der Waals surface area (Å²) in [4.78, 5) is 26.9. The lowest BCUT2D eigenvalue weighted by molar-refractivity contribution is -0.114. The highest BCUT2D eigenvalue weighted by Gasteiger charge is 2.18. The van der Waals surface area contributed by atoms with Crippen molar-refractivity contribution in [3.63, 3.8) is 0 Å². The number of hydrogen-bond donors (Lipinski definition) is 2. The van der Waals surface area contributed by atoms with Crippen LogP contribution in [0.1, 0.15) is 22.3 Å². The molecule has 0 radical (unpaired) electrons. The number of anilines is 2. The summed E-state index contributed by atoms with van der Waals surface area (Å²) in [6, 6.07) is 24.9. The Hall–Kier alpha value is -3.84. The molecule has 182 valence electrons. The molecule has 3 aromatic carbocycles. The fraction of sp³-hybridized carbons (Fsp3) is 0.286. The molecule has 0 saturated carbocycles. The van der Waals surface area contributed by atoms with Gasteiger partial charge in [0.15, 0.2) is 0 Å². The monoisotopic (exact) mass is 473 g/mol. The summed E-state index contributed by atoms with van der Waals surface area (Å²) in [5, 5.41) is 5.98. The van der Waals surface area contributed by atoms with Gasteiger partial charge in [0.2, 0.25) is 5.91 Å². The molecule has 0 aromatic heterocycles. The first kappa shape index (κ1) is 24.3. The number of carbonyl (C=O) groups excluding carboxylic acids is 2. The molecule has 1 aliphatic rings. The first-order valence-corrected chi connectivity index (χ1v) is 11.9. The van der Waals surface area contributed by atoms with Crippen LogP contribution in [0.3, 0.4) is 0 Å². The standard InChI is InChI=1S/C28H31N3O4/c32-27(30-25-12-4-10-23(19-25)28(33)31-14-17-34-18-15-31)21-29-24-11-5-13-26(20-24)35-16-6-9-22-7-2-1-3-8-22/h1-5,7-8,10-13,19-20,29H,6,9,14-18,21H2,(H,30,32). The van der Waals surface area contributed by atoms with Crippen LogP contribution in [0, 0.1) is 0 Å². The topological polar surface area (TPSA) is 79.9 Å². The molecule has 2 amide bonds. The minimum absolute atomic E-state index is 0.0527. The van der Waals surface area contributed by atoms with Gasteiger partial charge in [0.05, 0.1) is 26.4 Å². The van der Waals surface area contributed by atoms with Crippen LogP contribution >= 0.6 is 0 Å². The third-order valence-corrected chi connectivity index (χ3v) is 5.70. The molecule has 1 saturated heterocycles. The summed E-state index contributed by atoms with van der Waals surface area (Å²) in [7, 11) is 0. The number of nitrogens with one attached hydrogen (secondary N) is 2. The van der Waals surface area contributed by atoms with Crippen LogP contribution in [0.15, 0.2) is 78.9 Å². The average molecular weight is 474 g/mol. The van der Waals surface area contributed by atoms with E-state index in [1.807, 2.05) is 42.5 Å². The van der Waals surface area contributed by atoms with Gasteiger partial charge >= 0.3 is 0 Å². The maximum atomic E-state index is 12.7. The Morgan fingerprint density at radius 2 is 1.66 bits per heavy atom. The lowest BCUT2D eigenvalue weighted by Gasteiger charge is -2.27. The number of amides is 2. The fourth-order valence-corrected chi connectivity index (χ4v) is 3.87. The van der Waals surface area contributed by atoms with E-state index in [9.17, 15) is 9.59 Å². The predicted octanol–water partition coefficient (Wildman–Crippen LogP) is 4.22. The first-order chi connectivity index (χ1) is 17.2. The normalized spacial score (nSPS) is 13.2. The van der Waals surface area contributed by atoms with E-state index >= 15 is 0 Å². The zero-order valence-electron chi connectivity index (χ0n) is 19.7. The van der Waals surface area contributed by atoms with Crippen LogP contribution in [0.25, 0.3) is 0 Å². The molecule has 1 fully saturated rings. The van der Waals surface area contributed by atoms with Crippen molar-refractivity contribution in [3.05, 3.63) is 90.0 Å². The van der Waals surface area contributed by atoms with Gasteiger partial charge in [0.25, 0.3) is 5.91 Å². The number of carbonyl (C=O) groups is 2. The zero-order valence-corrected chi connectivity index (χ0v) is 19.7. The Bertz CT molecular complexity index is 1110. The molecule has 3 aromatic rings. The zero-order chi connectivity index (χ0) is 24.3. The highest BCUT2D eigenvalue weighted by Crippen LogP contribution is 2.18. The Morgan fingerprint density at radius 3 is 2.49 bits per heavy atom. The summed E-state index contributed by atoms with van der Waals surface area (Å²) < 4.78 is 11.2. The molecule has 0 unspecified atom stereocenters. The van der Waals surface area contributed by atoms with Crippen LogP contribution in [-0.4, -0.2) is 56.2 Å². The molecule has 7 nitrogen and oxygen atoms in total. The van der Waals surface area contributed by atoms with Gasteiger partial charge in [0.1, 0.15) is 5.75 Å². The number of aryl methyl sites for hydroxylation is 1. The van der Waals surface area contributed by atoms with Gasteiger partial charge in [-0.15, -0.1) is 0 Å². The number of hydrogen-bond acceptors (Lipinski definition) is 5. The Morgan fingerprint density at radius 1 is 0.886 bits per heavy atom. The van der Waals surface area contributed by atoms with Crippen molar-refractivity contribution in [2.75, 3.05) is 50.1 Å². The predicted molar refractivity (Wildman–Crippen MR) is 137 cm³/mol. The second-order valence-corrected chi connectivity index (χ2v) is 8.35. The lowest BCUT2D eigenvalue weighted by Crippen LogP contribution is -2.40. The van der Waals surface area contributed by atoms with Crippen LogP contribution in [-0.2, 0) is 16.0 Å². The van der Waals surface area contributed by atoms with Crippen molar-refractivity contribution in [2.24, 2.45) is 0 Å². The Balaban J connectivity index is 1.22. The van der Waals surface area contributed by atoms with Crippen molar-refractivity contribution in [2.45, 2.75) is 12.8 Å². The van der Waals surface area contributed by atoms with E-state index in [4.69, 9.17) is 9.47 Å². The second-order valence-electron chi connectivity index (χ2n) is 8.35. The molecule has 1 heterocycles. The highest BCUT2D eigenvalue weighted by atomic mass is 16.5. The summed E-state index contributed by atoms with van der Waals surface area (Å²) in [5.74, 6) is 0.510. The smallest absolute Gasteiger partial charge is 0.254 e. The minimum atomic E-state index is -0.199. The third kappa shape index (κ3) is 7.58. The van der Waals surface area contributed by atoms with Crippen molar-refractivity contribution in [1.29, 1.82) is 0 Å². The molecule has 35 heavy (non-hydrogen) atoms. The number of rotatable bonds is 10. The number of nitrogens with zero attached hydrogens (tertiary/aromatic N) is 1. The Kier molecular flexibility index (Phi) is 8.73.